The van der Waals surface area contributed by atoms with E-state index in [4.69, 9.17) is 0 Å². The molecular formula is C19H21FN3O2P. The van der Waals surface area contributed by atoms with Crippen molar-refractivity contribution in [3.05, 3.63) is 69.5 Å². The van der Waals surface area contributed by atoms with Crippen LogP contribution in [-0.2, 0) is 11.3 Å². The zero-order valence-corrected chi connectivity index (χ0v) is 15.9. The summed E-state index contributed by atoms with van der Waals surface area (Å²) < 4.78 is 17.7. The Morgan fingerprint density at radius 3 is 2.77 bits per heavy atom. The largest absolute Gasteiger partial charge is 0.337 e. The molecule has 0 fully saturated rings. The van der Waals surface area contributed by atoms with E-state index in [9.17, 15) is 14.0 Å². The van der Waals surface area contributed by atoms with Crippen LogP contribution in [0, 0.1) is 5.92 Å². The van der Waals surface area contributed by atoms with Gasteiger partial charge < -0.3 is 4.90 Å². The van der Waals surface area contributed by atoms with Gasteiger partial charge in [0.15, 0.2) is 0 Å². The normalized spacial score (nSPS) is 20.4. The Hall–Kier alpha value is -2.46. The number of aromatic nitrogens is 2. The molecule has 5 nitrogen and oxygen atoms in total. The molecule has 1 amide bonds. The van der Waals surface area contributed by atoms with Crippen LogP contribution in [0.1, 0.15) is 12.6 Å². The first kappa shape index (κ1) is 18.3. The van der Waals surface area contributed by atoms with Gasteiger partial charge in [-0.05, 0) is 30.0 Å². The van der Waals surface area contributed by atoms with Gasteiger partial charge in [0.05, 0.1) is 11.3 Å². The Kier molecular flexibility index (Phi) is 4.97. The highest BCUT2D eigenvalue weighted by molar-refractivity contribution is 7.23. The minimum absolute atomic E-state index is 0.127. The average molecular weight is 373 g/mol. The second-order valence-electron chi connectivity index (χ2n) is 6.36. The highest BCUT2D eigenvalue weighted by Crippen LogP contribution is 2.36. The van der Waals surface area contributed by atoms with Gasteiger partial charge in [0, 0.05) is 38.5 Å². The molecule has 7 heteroatoms. The van der Waals surface area contributed by atoms with Gasteiger partial charge in [0.1, 0.15) is 5.83 Å². The molecule has 2 aliphatic rings. The Morgan fingerprint density at radius 2 is 2.12 bits per heavy atom. The van der Waals surface area contributed by atoms with Crippen molar-refractivity contribution in [1.29, 1.82) is 0 Å². The first-order chi connectivity index (χ1) is 12.4. The van der Waals surface area contributed by atoms with Gasteiger partial charge in [0.2, 0.25) is 0 Å². The number of likely N-dealkylation sites (N-methyl/N-ethyl adjacent to an activating group) is 1. The summed E-state index contributed by atoms with van der Waals surface area (Å²) in [7, 11) is 4.24. The predicted molar refractivity (Wildman–Crippen MR) is 105 cm³/mol. The fourth-order valence-electron chi connectivity index (χ4n) is 3.28. The van der Waals surface area contributed by atoms with Gasteiger partial charge in [-0.1, -0.05) is 18.7 Å². The zero-order valence-electron chi connectivity index (χ0n) is 14.8. The third-order valence-corrected chi connectivity index (χ3v) is 5.07. The average Bonchev–Trinajstić information content (AvgIpc) is 3.02. The molecule has 136 valence electrons. The van der Waals surface area contributed by atoms with Crippen LogP contribution in [0.25, 0.3) is 12.3 Å². The van der Waals surface area contributed by atoms with Crippen LogP contribution in [0.3, 0.4) is 0 Å². The first-order valence-electron chi connectivity index (χ1n) is 8.28. The number of rotatable bonds is 4. The number of allylic oxidation sites excluding steroid dienone is 3. The molecule has 0 radical (unpaired) electrons. The van der Waals surface area contributed by atoms with E-state index < -0.39 is 5.83 Å². The van der Waals surface area contributed by atoms with E-state index in [0.29, 0.717) is 17.8 Å². The van der Waals surface area contributed by atoms with E-state index in [-0.39, 0.29) is 29.6 Å². The molecule has 1 unspecified atom stereocenters. The summed E-state index contributed by atoms with van der Waals surface area (Å²) in [6.07, 6.45) is 10.0. The zero-order chi connectivity index (χ0) is 19.0. The SMILES string of the molecule is C=Cc1cn(C[C@@H]2C=C(F)C3=C(CN(C)C3=O)C(P)=C2)c(=O)n1/C=C\C. The smallest absolute Gasteiger partial charge is 0.332 e. The van der Waals surface area contributed by atoms with E-state index in [0.717, 1.165) is 5.31 Å². The van der Waals surface area contributed by atoms with Crippen molar-refractivity contribution in [2.24, 2.45) is 5.92 Å². The molecule has 2 atom stereocenters. The Morgan fingerprint density at radius 1 is 1.38 bits per heavy atom. The topological polar surface area (TPSA) is 47.2 Å². The summed E-state index contributed by atoms with van der Waals surface area (Å²) in [6.45, 7) is 6.21. The van der Waals surface area contributed by atoms with Crippen LogP contribution >= 0.6 is 9.24 Å². The van der Waals surface area contributed by atoms with Crippen LogP contribution in [0.5, 0.6) is 0 Å². The molecule has 1 aliphatic heterocycles. The maximum atomic E-state index is 14.7. The molecular weight excluding hydrogens is 352 g/mol. The van der Waals surface area contributed by atoms with Gasteiger partial charge in [-0.25, -0.2) is 9.18 Å². The summed E-state index contributed by atoms with van der Waals surface area (Å²) in [5.74, 6) is -1.19. The molecule has 1 aromatic rings. The maximum absolute atomic E-state index is 14.7. The lowest BCUT2D eigenvalue weighted by Crippen LogP contribution is -2.24. The standard InChI is InChI=1S/C19H21FN3O2P/c1-4-6-23-13(5-2)10-22(19(23)25)9-12-7-15(20)17-14(16(26)8-12)11-21(3)18(17)24/h4-8,10,12H,2,9,11,26H2,1,3H3/b6-4-/t12-/m1/s1. The molecule has 0 bridgehead atoms. The summed E-state index contributed by atoms with van der Waals surface area (Å²) in [5, 5.41) is 0.788. The van der Waals surface area contributed by atoms with Gasteiger partial charge in [0.25, 0.3) is 5.91 Å². The van der Waals surface area contributed by atoms with Crippen LogP contribution in [-0.4, -0.2) is 33.5 Å². The van der Waals surface area contributed by atoms with Crippen molar-refractivity contribution in [2.75, 3.05) is 13.6 Å². The molecule has 0 saturated carbocycles. The predicted octanol–water partition coefficient (Wildman–Crippen LogP) is 2.79. The molecule has 26 heavy (non-hydrogen) atoms. The quantitative estimate of drug-likeness (QED) is 0.762. The lowest BCUT2D eigenvalue weighted by molar-refractivity contribution is -0.124. The van der Waals surface area contributed by atoms with E-state index >= 15 is 0 Å². The molecule has 1 aliphatic carbocycles. The number of hydrogen-bond donors (Lipinski definition) is 0. The van der Waals surface area contributed by atoms with Gasteiger partial charge in [-0.2, -0.15) is 0 Å². The maximum Gasteiger partial charge on any atom is 0.332 e. The van der Waals surface area contributed by atoms with Crippen molar-refractivity contribution < 1.29 is 9.18 Å². The van der Waals surface area contributed by atoms with E-state index in [1.165, 1.54) is 20.1 Å². The van der Waals surface area contributed by atoms with Crippen LogP contribution in [0.2, 0.25) is 0 Å². The number of imidazole rings is 1. The minimum Gasteiger partial charge on any atom is -0.337 e. The number of carbonyl (C=O) groups is 1. The Bertz CT molecular complexity index is 962. The highest BCUT2D eigenvalue weighted by atomic mass is 31.0. The lowest BCUT2D eigenvalue weighted by Gasteiger charge is -2.12. The molecule has 0 spiro atoms. The van der Waals surface area contributed by atoms with Crippen LogP contribution in [0.4, 0.5) is 4.39 Å². The number of nitrogens with zero attached hydrogens (tertiary/aromatic N) is 3. The van der Waals surface area contributed by atoms with Crippen LogP contribution in [0.15, 0.2) is 58.1 Å². The van der Waals surface area contributed by atoms with Gasteiger partial charge >= 0.3 is 5.69 Å². The molecule has 1 aromatic heterocycles. The van der Waals surface area contributed by atoms with Crippen molar-refractivity contribution in [1.82, 2.24) is 14.0 Å². The number of hydrogen-bond acceptors (Lipinski definition) is 2. The second kappa shape index (κ2) is 7.04. The lowest BCUT2D eigenvalue weighted by atomic mass is 10.1. The van der Waals surface area contributed by atoms with E-state index in [1.54, 1.807) is 31.6 Å². The number of amides is 1. The van der Waals surface area contributed by atoms with Crippen molar-refractivity contribution in [2.45, 2.75) is 13.5 Å². The second-order valence-corrected chi connectivity index (χ2v) is 6.98. The molecule has 3 rings (SSSR count). The molecule has 0 aromatic carbocycles. The summed E-state index contributed by atoms with van der Waals surface area (Å²) >= 11 is 0. The van der Waals surface area contributed by atoms with Gasteiger partial charge in [-0.3, -0.25) is 13.9 Å². The first-order valence-corrected chi connectivity index (χ1v) is 8.86. The molecule has 0 N–H and O–H groups in total. The van der Waals surface area contributed by atoms with E-state index in [1.807, 2.05) is 13.0 Å². The monoisotopic (exact) mass is 373 g/mol. The Balaban J connectivity index is 1.96. The van der Waals surface area contributed by atoms with Crippen LogP contribution < -0.4 is 5.69 Å². The van der Waals surface area contributed by atoms with Gasteiger partial charge in [-0.15, -0.1) is 9.24 Å². The third kappa shape index (κ3) is 3.06. The number of halogens is 1. The molecule has 2 heterocycles. The summed E-state index contributed by atoms with van der Waals surface area (Å²) in [5.41, 5.74) is 1.26. The summed E-state index contributed by atoms with van der Waals surface area (Å²) in [4.78, 5) is 26.3. The van der Waals surface area contributed by atoms with Crippen molar-refractivity contribution >= 4 is 27.4 Å². The van der Waals surface area contributed by atoms with E-state index in [2.05, 4.69) is 15.8 Å². The fourth-order valence-corrected chi connectivity index (χ4v) is 3.76. The highest BCUT2D eigenvalue weighted by Gasteiger charge is 2.33. The Labute approximate surface area is 153 Å². The minimum atomic E-state index is -0.530. The number of carbonyl (C=O) groups excluding carboxylic acids is 1. The molecule has 0 saturated heterocycles. The summed E-state index contributed by atoms with van der Waals surface area (Å²) in [6, 6.07) is 0. The fraction of sp³-hybridized carbons (Fsp3) is 0.263. The third-order valence-electron chi connectivity index (χ3n) is 4.53. The van der Waals surface area contributed by atoms with Crippen molar-refractivity contribution in [3.8, 4) is 0 Å². The van der Waals surface area contributed by atoms with Crippen molar-refractivity contribution in [3.63, 3.8) is 0 Å².